The van der Waals surface area contributed by atoms with Crippen LogP contribution in [0.5, 0.6) is 5.88 Å². The number of halogens is 1. The van der Waals surface area contributed by atoms with Gasteiger partial charge in [0.25, 0.3) is 5.56 Å². The molecule has 1 heterocycles. The molecule has 0 aliphatic carbocycles. The summed E-state index contributed by atoms with van der Waals surface area (Å²) in [6, 6.07) is 8.50. The topological polar surface area (TPSA) is 64.2 Å². The summed E-state index contributed by atoms with van der Waals surface area (Å²) in [5, 5.41) is 9.95. The highest BCUT2D eigenvalue weighted by atomic mass is 79.9. The molecule has 0 atom stereocenters. The van der Waals surface area contributed by atoms with Crippen molar-refractivity contribution >= 4 is 15.9 Å². The lowest BCUT2D eigenvalue weighted by atomic mass is 10.1. The first kappa shape index (κ1) is 15.6. The average Bonchev–Trinajstić information content (AvgIpc) is 2.34. The number of benzene rings is 1. The van der Waals surface area contributed by atoms with Gasteiger partial charge in [-0.1, -0.05) is 34.1 Å². The van der Waals surface area contributed by atoms with Gasteiger partial charge >= 0.3 is 5.69 Å². The molecule has 0 bridgehead atoms. The van der Waals surface area contributed by atoms with Crippen molar-refractivity contribution < 1.29 is 5.11 Å². The van der Waals surface area contributed by atoms with Gasteiger partial charge in [0.2, 0.25) is 5.88 Å². The highest BCUT2D eigenvalue weighted by Crippen LogP contribution is 2.18. The molecule has 0 fully saturated rings. The van der Waals surface area contributed by atoms with E-state index in [1.54, 1.807) is 20.8 Å². The van der Waals surface area contributed by atoms with Gasteiger partial charge in [-0.15, -0.1) is 0 Å². The molecule has 0 aliphatic heterocycles. The normalized spacial score (nSPS) is 11.6. The van der Waals surface area contributed by atoms with Gasteiger partial charge in [-0.2, -0.15) is 0 Å². The van der Waals surface area contributed by atoms with E-state index in [1.807, 2.05) is 24.3 Å². The van der Waals surface area contributed by atoms with Crippen molar-refractivity contribution in [3.63, 3.8) is 0 Å². The van der Waals surface area contributed by atoms with Crippen molar-refractivity contribution in [2.24, 2.45) is 0 Å². The Labute approximate surface area is 130 Å². The minimum Gasteiger partial charge on any atom is -0.494 e. The minimum atomic E-state index is -0.655. The summed E-state index contributed by atoms with van der Waals surface area (Å²) in [7, 11) is 0. The summed E-state index contributed by atoms with van der Waals surface area (Å²) in [5.74, 6) is -0.332. The predicted molar refractivity (Wildman–Crippen MR) is 84.9 cm³/mol. The Kier molecular flexibility index (Phi) is 4.09. The smallest absolute Gasteiger partial charge is 0.334 e. The maximum Gasteiger partial charge on any atom is 0.334 e. The fourth-order valence-electron chi connectivity index (χ4n) is 2.13. The molecule has 112 valence electrons. The molecule has 0 aliphatic rings. The molecule has 2 rings (SSSR count). The summed E-state index contributed by atoms with van der Waals surface area (Å²) >= 11 is 3.41. The van der Waals surface area contributed by atoms with Gasteiger partial charge < -0.3 is 5.11 Å². The number of hydrogen-bond donors (Lipinski definition) is 1. The van der Waals surface area contributed by atoms with Crippen LogP contribution >= 0.6 is 15.9 Å². The Morgan fingerprint density at radius 3 is 2.38 bits per heavy atom. The molecule has 5 nitrogen and oxygen atoms in total. The first-order chi connectivity index (χ1) is 9.71. The summed E-state index contributed by atoms with van der Waals surface area (Å²) in [6.45, 7) is 5.50. The highest BCUT2D eigenvalue weighted by Gasteiger charge is 2.21. The van der Waals surface area contributed by atoms with Gasteiger partial charge in [0.15, 0.2) is 0 Å². The summed E-state index contributed by atoms with van der Waals surface area (Å²) in [5.41, 5.74) is -0.844. The molecule has 0 saturated heterocycles. The van der Waals surface area contributed by atoms with E-state index in [2.05, 4.69) is 15.9 Å². The van der Waals surface area contributed by atoms with Crippen LogP contribution in [0.3, 0.4) is 0 Å². The fraction of sp³-hybridized carbons (Fsp3) is 0.333. The van der Waals surface area contributed by atoms with Gasteiger partial charge in [-0.25, -0.2) is 4.79 Å². The van der Waals surface area contributed by atoms with Crippen LogP contribution in [0, 0.1) is 0 Å². The first-order valence-electron chi connectivity index (χ1n) is 6.51. The number of aromatic nitrogens is 2. The second-order valence-corrected chi connectivity index (χ2v) is 6.66. The van der Waals surface area contributed by atoms with E-state index in [4.69, 9.17) is 0 Å². The highest BCUT2D eigenvalue weighted by molar-refractivity contribution is 9.10. The van der Waals surface area contributed by atoms with Crippen LogP contribution < -0.4 is 11.2 Å². The molecule has 21 heavy (non-hydrogen) atoms. The van der Waals surface area contributed by atoms with Gasteiger partial charge in [0.05, 0.1) is 12.6 Å². The molecule has 0 spiro atoms. The molecule has 0 radical (unpaired) electrons. The van der Waals surface area contributed by atoms with Crippen molar-refractivity contribution in [1.29, 1.82) is 0 Å². The van der Waals surface area contributed by atoms with Crippen LogP contribution in [0.15, 0.2) is 44.4 Å². The van der Waals surface area contributed by atoms with E-state index in [1.165, 1.54) is 4.57 Å². The van der Waals surface area contributed by atoms with Gasteiger partial charge in [0.1, 0.15) is 0 Å². The van der Waals surface area contributed by atoms with Gasteiger partial charge in [0, 0.05) is 10.0 Å². The number of nitrogens with zero attached hydrogens (tertiary/aromatic N) is 2. The second-order valence-electron chi connectivity index (χ2n) is 5.81. The Bertz CT molecular complexity index is 785. The van der Waals surface area contributed by atoms with E-state index in [0.29, 0.717) is 0 Å². The lowest BCUT2D eigenvalue weighted by molar-refractivity contribution is 0.333. The van der Waals surface area contributed by atoms with E-state index in [9.17, 15) is 14.7 Å². The summed E-state index contributed by atoms with van der Waals surface area (Å²) < 4.78 is 3.17. The standard InChI is InChI=1S/C15H17BrN2O3/c1-15(2,3)18-13(20)8-12(19)17(14(18)21)9-10-6-4-5-7-11(10)16/h4-8,19H,9H2,1-3H3. The molecule has 1 aromatic carbocycles. The molecular formula is C15H17BrN2O3. The van der Waals surface area contributed by atoms with Gasteiger partial charge in [-0.3, -0.25) is 13.9 Å². The molecule has 1 aromatic heterocycles. The summed E-state index contributed by atoms with van der Waals surface area (Å²) in [4.78, 5) is 24.5. The van der Waals surface area contributed by atoms with Crippen molar-refractivity contribution in [3.05, 3.63) is 61.2 Å². The van der Waals surface area contributed by atoms with Crippen LogP contribution in [-0.2, 0) is 12.1 Å². The molecule has 0 amide bonds. The largest absolute Gasteiger partial charge is 0.494 e. The van der Waals surface area contributed by atoms with Crippen LogP contribution in [0.25, 0.3) is 0 Å². The quantitative estimate of drug-likeness (QED) is 0.901. The van der Waals surface area contributed by atoms with Gasteiger partial charge in [-0.05, 0) is 32.4 Å². The van der Waals surface area contributed by atoms with Crippen molar-refractivity contribution in [1.82, 2.24) is 9.13 Å². The SMILES string of the molecule is CC(C)(C)n1c(=O)cc(O)n(Cc2ccccc2Br)c1=O. The summed E-state index contributed by atoms with van der Waals surface area (Å²) in [6.07, 6.45) is 0. The minimum absolute atomic E-state index is 0.183. The van der Waals surface area contributed by atoms with E-state index < -0.39 is 16.8 Å². The number of rotatable bonds is 2. The maximum atomic E-state index is 12.5. The average molecular weight is 353 g/mol. The molecule has 1 N–H and O–H groups in total. The lowest BCUT2D eigenvalue weighted by Gasteiger charge is -2.22. The predicted octanol–water partition coefficient (Wildman–Crippen LogP) is 2.28. The third-order valence-electron chi connectivity index (χ3n) is 3.13. The maximum absolute atomic E-state index is 12.5. The van der Waals surface area contributed by atoms with Crippen LogP contribution in [-0.4, -0.2) is 14.2 Å². The second kappa shape index (κ2) is 5.52. The number of aromatic hydroxyl groups is 1. The van der Waals surface area contributed by atoms with Crippen molar-refractivity contribution in [2.75, 3.05) is 0 Å². The molecule has 0 saturated carbocycles. The zero-order valence-corrected chi connectivity index (χ0v) is 13.7. The van der Waals surface area contributed by atoms with Crippen LogP contribution in [0.2, 0.25) is 0 Å². The molecule has 0 unspecified atom stereocenters. The fourth-order valence-corrected chi connectivity index (χ4v) is 2.54. The Morgan fingerprint density at radius 2 is 1.81 bits per heavy atom. The van der Waals surface area contributed by atoms with Crippen LogP contribution in [0.1, 0.15) is 26.3 Å². The zero-order chi connectivity index (χ0) is 15.8. The molecular weight excluding hydrogens is 336 g/mol. The third kappa shape index (κ3) is 3.10. The van der Waals surface area contributed by atoms with Crippen molar-refractivity contribution in [3.8, 4) is 5.88 Å². The van der Waals surface area contributed by atoms with E-state index in [0.717, 1.165) is 20.7 Å². The van der Waals surface area contributed by atoms with Crippen LogP contribution in [0.4, 0.5) is 0 Å². The molecule has 6 heteroatoms. The Morgan fingerprint density at radius 1 is 1.19 bits per heavy atom. The monoisotopic (exact) mass is 352 g/mol. The Hall–Kier alpha value is -1.82. The van der Waals surface area contributed by atoms with E-state index in [-0.39, 0.29) is 12.4 Å². The third-order valence-corrected chi connectivity index (χ3v) is 3.90. The Balaban J connectivity index is 2.63. The zero-order valence-electron chi connectivity index (χ0n) is 12.1. The van der Waals surface area contributed by atoms with E-state index >= 15 is 0 Å². The molecule has 2 aromatic rings. The lowest BCUT2D eigenvalue weighted by Crippen LogP contribution is -2.47. The first-order valence-corrected chi connectivity index (χ1v) is 7.31. The number of hydrogen-bond acceptors (Lipinski definition) is 3. The van der Waals surface area contributed by atoms with Crippen molar-refractivity contribution in [2.45, 2.75) is 32.9 Å².